The van der Waals surface area contributed by atoms with Crippen molar-refractivity contribution in [3.05, 3.63) is 41.6 Å². The second-order valence-corrected chi connectivity index (χ2v) is 3.10. The van der Waals surface area contributed by atoms with Crippen LogP contribution in [0.1, 0.15) is 18.9 Å². The van der Waals surface area contributed by atoms with Crippen molar-refractivity contribution in [1.82, 2.24) is 5.06 Å². The zero-order valence-electron chi connectivity index (χ0n) is 8.88. The summed E-state index contributed by atoms with van der Waals surface area (Å²) in [5, 5.41) is 9.71. The molecule has 1 aromatic rings. The molecule has 0 aromatic heterocycles. The predicted octanol–water partition coefficient (Wildman–Crippen LogP) is 1.77. The third kappa shape index (κ3) is 3.03. The second-order valence-electron chi connectivity index (χ2n) is 3.10. The fourth-order valence-electron chi connectivity index (χ4n) is 1.13. The lowest BCUT2D eigenvalue weighted by Crippen LogP contribution is -2.26. The number of allylic oxidation sites excluding steroid dienone is 1. The second kappa shape index (κ2) is 5.82. The molecular formula is C12H12NO3. The molecule has 1 rings (SSSR count). The lowest BCUT2D eigenvalue weighted by atomic mass is 10.2. The first-order valence-corrected chi connectivity index (χ1v) is 4.85. The van der Waals surface area contributed by atoms with Crippen LogP contribution in [0.2, 0.25) is 0 Å². The van der Waals surface area contributed by atoms with E-state index in [1.54, 1.807) is 31.2 Å². The van der Waals surface area contributed by atoms with Crippen LogP contribution in [-0.2, 0) is 9.59 Å². The van der Waals surface area contributed by atoms with Gasteiger partial charge in [-0.25, -0.2) is 0 Å². The molecule has 0 fully saturated rings. The van der Waals surface area contributed by atoms with Crippen molar-refractivity contribution in [2.24, 2.45) is 0 Å². The molecule has 0 saturated heterocycles. The van der Waals surface area contributed by atoms with Crippen molar-refractivity contribution in [3.63, 3.8) is 0 Å². The number of carbonyl (C=O) groups excluding carboxylic acids is 2. The Labute approximate surface area is 93.8 Å². The van der Waals surface area contributed by atoms with Crippen molar-refractivity contribution in [2.75, 3.05) is 0 Å². The summed E-state index contributed by atoms with van der Waals surface area (Å²) < 4.78 is 0. The SMILES string of the molecule is CCC(=O)N(O)C([C]=O)=Cc1ccccc1. The highest BCUT2D eigenvalue weighted by Gasteiger charge is 2.13. The summed E-state index contributed by atoms with van der Waals surface area (Å²) >= 11 is 0. The van der Waals surface area contributed by atoms with Crippen LogP contribution in [0, 0.1) is 0 Å². The molecule has 83 valence electrons. The van der Waals surface area contributed by atoms with Gasteiger partial charge in [0, 0.05) is 6.42 Å². The highest BCUT2D eigenvalue weighted by molar-refractivity contribution is 5.89. The molecule has 0 heterocycles. The first-order valence-electron chi connectivity index (χ1n) is 4.85. The van der Waals surface area contributed by atoms with Crippen LogP contribution in [0.3, 0.4) is 0 Å². The highest BCUT2D eigenvalue weighted by atomic mass is 16.5. The van der Waals surface area contributed by atoms with Crippen molar-refractivity contribution in [3.8, 4) is 0 Å². The minimum absolute atomic E-state index is 0.115. The molecule has 4 heteroatoms. The lowest BCUT2D eigenvalue weighted by Gasteiger charge is -2.12. The van der Waals surface area contributed by atoms with Gasteiger partial charge in [0.1, 0.15) is 5.70 Å². The molecule has 0 unspecified atom stereocenters. The lowest BCUT2D eigenvalue weighted by molar-refractivity contribution is -0.154. The largest absolute Gasteiger partial charge is 0.283 e. The van der Waals surface area contributed by atoms with E-state index in [2.05, 4.69) is 0 Å². The fraction of sp³-hybridized carbons (Fsp3) is 0.167. The van der Waals surface area contributed by atoms with Crippen LogP contribution in [-0.4, -0.2) is 22.5 Å². The molecule has 1 aromatic carbocycles. The van der Waals surface area contributed by atoms with Crippen molar-refractivity contribution < 1.29 is 14.8 Å². The minimum atomic E-state index is -0.550. The van der Waals surface area contributed by atoms with Gasteiger partial charge in [0.2, 0.25) is 0 Å². The molecule has 1 radical (unpaired) electrons. The van der Waals surface area contributed by atoms with Gasteiger partial charge in [-0.2, -0.15) is 5.06 Å². The van der Waals surface area contributed by atoms with Crippen LogP contribution in [0.5, 0.6) is 0 Å². The van der Waals surface area contributed by atoms with Gasteiger partial charge in [-0.3, -0.25) is 14.8 Å². The van der Waals surface area contributed by atoms with Gasteiger partial charge >= 0.3 is 0 Å². The number of hydrogen-bond acceptors (Lipinski definition) is 3. The molecule has 0 aliphatic heterocycles. The monoisotopic (exact) mass is 218 g/mol. The molecule has 0 bridgehead atoms. The standard InChI is InChI=1S/C12H12NO3/c1-2-12(15)13(16)11(9-14)8-10-6-4-3-5-7-10/h3-8,16H,2H2,1H3. The van der Waals surface area contributed by atoms with Crippen LogP contribution >= 0.6 is 0 Å². The van der Waals surface area contributed by atoms with Gasteiger partial charge in [0.05, 0.1) is 0 Å². The van der Waals surface area contributed by atoms with Gasteiger partial charge in [-0.05, 0) is 11.6 Å². The molecule has 16 heavy (non-hydrogen) atoms. The molecule has 4 nitrogen and oxygen atoms in total. The summed E-state index contributed by atoms with van der Waals surface area (Å²) in [4.78, 5) is 21.8. The average Bonchev–Trinajstić information content (AvgIpc) is 2.35. The number of benzene rings is 1. The number of hydrogen-bond donors (Lipinski definition) is 1. The van der Waals surface area contributed by atoms with Crippen molar-refractivity contribution in [2.45, 2.75) is 13.3 Å². The van der Waals surface area contributed by atoms with E-state index in [4.69, 9.17) is 0 Å². The molecule has 0 saturated carbocycles. The maximum absolute atomic E-state index is 11.2. The van der Waals surface area contributed by atoms with E-state index in [-0.39, 0.29) is 12.1 Å². The van der Waals surface area contributed by atoms with Gasteiger partial charge in [-0.1, -0.05) is 37.3 Å². The number of carbonyl (C=O) groups is 1. The van der Waals surface area contributed by atoms with E-state index in [1.165, 1.54) is 12.4 Å². The average molecular weight is 218 g/mol. The molecule has 1 amide bonds. The Morgan fingerprint density at radius 2 is 2.06 bits per heavy atom. The Balaban J connectivity index is 2.94. The normalized spacial score (nSPS) is 11.0. The van der Waals surface area contributed by atoms with Crippen LogP contribution in [0.4, 0.5) is 0 Å². The molecule has 0 aliphatic rings. The Morgan fingerprint density at radius 1 is 1.44 bits per heavy atom. The van der Waals surface area contributed by atoms with Gasteiger partial charge in [-0.15, -0.1) is 0 Å². The van der Waals surface area contributed by atoms with Crippen molar-refractivity contribution >= 4 is 18.3 Å². The number of rotatable bonds is 4. The Morgan fingerprint density at radius 3 is 2.56 bits per heavy atom. The van der Waals surface area contributed by atoms with E-state index >= 15 is 0 Å². The summed E-state index contributed by atoms with van der Waals surface area (Å²) in [6.45, 7) is 1.59. The number of hydroxylamine groups is 2. The molecule has 0 aliphatic carbocycles. The summed E-state index contributed by atoms with van der Waals surface area (Å²) in [6, 6.07) is 8.91. The Hall–Kier alpha value is -1.94. The Kier molecular flexibility index (Phi) is 4.42. The number of nitrogens with zero attached hydrogens (tertiary/aromatic N) is 1. The third-order valence-corrected chi connectivity index (χ3v) is 1.97. The predicted molar refractivity (Wildman–Crippen MR) is 59.0 cm³/mol. The van der Waals surface area contributed by atoms with Gasteiger partial charge in [0.15, 0.2) is 0 Å². The van der Waals surface area contributed by atoms with E-state index in [9.17, 15) is 14.8 Å². The van der Waals surface area contributed by atoms with Crippen LogP contribution < -0.4 is 0 Å². The first kappa shape index (κ1) is 12.1. The van der Waals surface area contributed by atoms with Crippen LogP contribution in [0.15, 0.2) is 36.0 Å². The molecular weight excluding hydrogens is 206 g/mol. The van der Waals surface area contributed by atoms with Crippen LogP contribution in [0.25, 0.3) is 6.08 Å². The quantitative estimate of drug-likeness (QED) is 0.476. The smallest absolute Gasteiger partial charge is 0.254 e. The summed E-state index contributed by atoms with van der Waals surface area (Å²) in [6.07, 6.45) is 3.04. The van der Waals surface area contributed by atoms with Crippen molar-refractivity contribution in [1.29, 1.82) is 0 Å². The van der Waals surface area contributed by atoms with E-state index in [0.29, 0.717) is 10.6 Å². The fourth-order valence-corrected chi connectivity index (χ4v) is 1.13. The number of amides is 1. The van der Waals surface area contributed by atoms with E-state index in [1.807, 2.05) is 6.07 Å². The maximum Gasteiger partial charge on any atom is 0.254 e. The molecule has 1 N–H and O–H groups in total. The zero-order valence-corrected chi connectivity index (χ0v) is 8.88. The van der Waals surface area contributed by atoms with E-state index in [0.717, 1.165) is 0 Å². The summed E-state index contributed by atoms with van der Waals surface area (Å²) in [5.74, 6) is -0.550. The highest BCUT2D eigenvalue weighted by Crippen LogP contribution is 2.08. The maximum atomic E-state index is 11.2. The van der Waals surface area contributed by atoms with Gasteiger partial charge in [0.25, 0.3) is 12.2 Å². The molecule has 0 spiro atoms. The third-order valence-electron chi connectivity index (χ3n) is 1.97. The Bertz CT molecular complexity index is 398. The minimum Gasteiger partial charge on any atom is -0.283 e. The topological polar surface area (TPSA) is 57.6 Å². The zero-order chi connectivity index (χ0) is 12.0. The first-order chi connectivity index (χ1) is 7.69. The summed E-state index contributed by atoms with van der Waals surface area (Å²) in [7, 11) is 0. The van der Waals surface area contributed by atoms with E-state index < -0.39 is 5.91 Å². The summed E-state index contributed by atoms with van der Waals surface area (Å²) in [5.41, 5.74) is 0.516. The van der Waals surface area contributed by atoms with Gasteiger partial charge < -0.3 is 0 Å². The molecule has 0 atom stereocenters.